The van der Waals surface area contributed by atoms with Crippen LogP contribution in [0.25, 0.3) is 0 Å². The number of nitrogens with one attached hydrogen (secondary N) is 1. The first-order valence-corrected chi connectivity index (χ1v) is 6.08. The Labute approximate surface area is 118 Å². The van der Waals surface area contributed by atoms with Crippen molar-refractivity contribution in [3.05, 3.63) is 64.7 Å². The van der Waals surface area contributed by atoms with Crippen LogP contribution in [0.2, 0.25) is 0 Å². The van der Waals surface area contributed by atoms with Gasteiger partial charge in [0.05, 0.1) is 11.6 Å². The largest absolute Gasteiger partial charge is 0.419 e. The van der Waals surface area contributed by atoms with Gasteiger partial charge in [-0.3, -0.25) is 10.8 Å². The molecule has 1 heterocycles. The molecule has 2 rings (SSSR count). The van der Waals surface area contributed by atoms with Gasteiger partial charge in [-0.25, -0.2) is 9.82 Å². The van der Waals surface area contributed by atoms with E-state index in [1.807, 2.05) is 0 Å². The maximum atomic E-state index is 14.2. The Kier molecular flexibility index (Phi) is 4.24. The highest BCUT2D eigenvalue weighted by molar-refractivity contribution is 5.36. The lowest BCUT2D eigenvalue weighted by atomic mass is 9.97. The SMILES string of the molecule is Cc1cncc(C(NN)c2cccc(C(F)(F)F)c2F)c1. The summed E-state index contributed by atoms with van der Waals surface area (Å²) in [7, 11) is 0. The summed E-state index contributed by atoms with van der Waals surface area (Å²) in [6.45, 7) is 1.77. The highest BCUT2D eigenvalue weighted by Crippen LogP contribution is 2.35. The average Bonchev–Trinajstić information content (AvgIpc) is 2.40. The number of hydrazine groups is 1. The predicted octanol–water partition coefficient (Wildman–Crippen LogP) is 3.10. The molecule has 0 bridgehead atoms. The first-order chi connectivity index (χ1) is 9.84. The van der Waals surface area contributed by atoms with Crippen molar-refractivity contribution in [1.29, 1.82) is 0 Å². The van der Waals surface area contributed by atoms with E-state index in [2.05, 4.69) is 10.4 Å². The first kappa shape index (κ1) is 15.4. The van der Waals surface area contributed by atoms with Crippen LogP contribution < -0.4 is 11.3 Å². The normalized spacial score (nSPS) is 13.2. The number of nitrogens with zero attached hydrogens (tertiary/aromatic N) is 1. The van der Waals surface area contributed by atoms with E-state index >= 15 is 0 Å². The van der Waals surface area contributed by atoms with Gasteiger partial charge in [0.15, 0.2) is 0 Å². The minimum atomic E-state index is -4.76. The fourth-order valence-corrected chi connectivity index (χ4v) is 2.09. The zero-order chi connectivity index (χ0) is 15.6. The molecule has 3 nitrogen and oxygen atoms in total. The number of nitrogens with two attached hydrogens (primary N) is 1. The van der Waals surface area contributed by atoms with E-state index in [0.29, 0.717) is 11.6 Å². The smallest absolute Gasteiger partial charge is 0.271 e. The van der Waals surface area contributed by atoms with Gasteiger partial charge >= 0.3 is 6.18 Å². The quantitative estimate of drug-likeness (QED) is 0.520. The van der Waals surface area contributed by atoms with Crippen molar-refractivity contribution < 1.29 is 17.6 Å². The van der Waals surface area contributed by atoms with Gasteiger partial charge in [-0.1, -0.05) is 18.2 Å². The molecule has 112 valence electrons. The number of aryl methyl sites for hydroxylation is 1. The van der Waals surface area contributed by atoms with Crippen LogP contribution in [0.5, 0.6) is 0 Å². The molecule has 0 saturated heterocycles. The van der Waals surface area contributed by atoms with Crippen molar-refractivity contribution in [2.24, 2.45) is 5.84 Å². The van der Waals surface area contributed by atoms with Crippen LogP contribution in [0.1, 0.15) is 28.3 Å². The summed E-state index contributed by atoms with van der Waals surface area (Å²) >= 11 is 0. The Hall–Kier alpha value is -1.99. The van der Waals surface area contributed by atoms with E-state index in [9.17, 15) is 17.6 Å². The molecule has 0 aliphatic rings. The fourth-order valence-electron chi connectivity index (χ4n) is 2.09. The number of pyridine rings is 1. The van der Waals surface area contributed by atoms with Crippen molar-refractivity contribution in [2.45, 2.75) is 19.1 Å². The molecule has 0 amide bonds. The number of alkyl halides is 3. The summed E-state index contributed by atoms with van der Waals surface area (Å²) in [4.78, 5) is 3.94. The van der Waals surface area contributed by atoms with Crippen molar-refractivity contribution in [1.82, 2.24) is 10.4 Å². The second-order valence-corrected chi connectivity index (χ2v) is 4.60. The van der Waals surface area contributed by atoms with Crippen LogP contribution in [0.3, 0.4) is 0 Å². The number of rotatable bonds is 3. The maximum Gasteiger partial charge on any atom is 0.419 e. The third-order valence-corrected chi connectivity index (χ3v) is 3.04. The standard InChI is InChI=1S/C14H13F4N3/c1-8-5-9(7-20-6-8)13(21-19)10-3-2-4-11(12(10)15)14(16,17)18/h2-7,13,21H,19H2,1H3. The summed E-state index contributed by atoms with van der Waals surface area (Å²) < 4.78 is 52.4. The molecular formula is C14H13F4N3. The summed E-state index contributed by atoms with van der Waals surface area (Å²) in [6.07, 6.45) is -1.75. The monoisotopic (exact) mass is 299 g/mol. The molecule has 1 aromatic heterocycles. The maximum absolute atomic E-state index is 14.2. The van der Waals surface area contributed by atoms with Gasteiger partial charge < -0.3 is 0 Å². The highest BCUT2D eigenvalue weighted by Gasteiger charge is 2.35. The van der Waals surface area contributed by atoms with Crippen LogP contribution in [0.4, 0.5) is 17.6 Å². The molecule has 1 atom stereocenters. The minimum Gasteiger partial charge on any atom is -0.271 e. The number of halogens is 4. The van der Waals surface area contributed by atoms with Gasteiger partial charge in [-0.05, 0) is 24.1 Å². The van der Waals surface area contributed by atoms with Gasteiger partial charge in [0.1, 0.15) is 5.82 Å². The lowest BCUT2D eigenvalue weighted by Gasteiger charge is -2.19. The zero-order valence-electron chi connectivity index (χ0n) is 11.1. The van der Waals surface area contributed by atoms with E-state index in [1.54, 1.807) is 19.2 Å². The number of hydrogen-bond acceptors (Lipinski definition) is 3. The third-order valence-electron chi connectivity index (χ3n) is 3.04. The molecule has 7 heteroatoms. The molecule has 2 aromatic rings. The molecule has 0 aliphatic heterocycles. The van der Waals surface area contributed by atoms with E-state index in [0.717, 1.165) is 11.6 Å². The second kappa shape index (κ2) is 5.79. The molecule has 0 saturated carbocycles. The molecule has 0 aliphatic carbocycles. The topological polar surface area (TPSA) is 50.9 Å². The van der Waals surface area contributed by atoms with Gasteiger partial charge in [-0.2, -0.15) is 13.2 Å². The Bertz CT molecular complexity index is 640. The van der Waals surface area contributed by atoms with Gasteiger partial charge in [-0.15, -0.1) is 0 Å². The average molecular weight is 299 g/mol. The highest BCUT2D eigenvalue weighted by atomic mass is 19.4. The summed E-state index contributed by atoms with van der Waals surface area (Å²) in [5, 5.41) is 0. The Morgan fingerprint density at radius 3 is 2.52 bits per heavy atom. The molecular weight excluding hydrogens is 286 g/mol. The fraction of sp³-hybridized carbons (Fsp3) is 0.214. The molecule has 0 radical (unpaired) electrons. The van der Waals surface area contributed by atoms with E-state index in [1.165, 1.54) is 12.3 Å². The van der Waals surface area contributed by atoms with Crippen molar-refractivity contribution in [3.8, 4) is 0 Å². The van der Waals surface area contributed by atoms with E-state index in [4.69, 9.17) is 5.84 Å². The van der Waals surface area contributed by atoms with Crippen molar-refractivity contribution >= 4 is 0 Å². The summed E-state index contributed by atoms with van der Waals surface area (Å²) in [6, 6.07) is 3.87. The van der Waals surface area contributed by atoms with Crippen LogP contribution >= 0.6 is 0 Å². The molecule has 0 fully saturated rings. The zero-order valence-corrected chi connectivity index (χ0v) is 11.1. The molecule has 1 aromatic carbocycles. The van der Waals surface area contributed by atoms with Gasteiger partial charge in [0.25, 0.3) is 0 Å². The molecule has 3 N–H and O–H groups in total. The van der Waals surface area contributed by atoms with Crippen LogP contribution in [0.15, 0.2) is 36.7 Å². The van der Waals surface area contributed by atoms with E-state index in [-0.39, 0.29) is 5.56 Å². The summed E-state index contributed by atoms with van der Waals surface area (Å²) in [5.41, 5.74) is 2.11. The minimum absolute atomic E-state index is 0.181. The Morgan fingerprint density at radius 2 is 1.95 bits per heavy atom. The van der Waals surface area contributed by atoms with Crippen LogP contribution in [-0.2, 0) is 6.18 Å². The van der Waals surface area contributed by atoms with E-state index < -0.39 is 23.6 Å². The lowest BCUT2D eigenvalue weighted by molar-refractivity contribution is -0.140. The lowest BCUT2D eigenvalue weighted by Crippen LogP contribution is -2.30. The molecule has 21 heavy (non-hydrogen) atoms. The van der Waals surface area contributed by atoms with Crippen molar-refractivity contribution in [2.75, 3.05) is 0 Å². The Morgan fingerprint density at radius 1 is 1.24 bits per heavy atom. The summed E-state index contributed by atoms with van der Waals surface area (Å²) in [5.74, 6) is 4.05. The second-order valence-electron chi connectivity index (χ2n) is 4.60. The predicted molar refractivity (Wildman–Crippen MR) is 69.5 cm³/mol. The molecule has 0 spiro atoms. The van der Waals surface area contributed by atoms with Crippen LogP contribution in [0, 0.1) is 12.7 Å². The number of hydrogen-bond donors (Lipinski definition) is 2. The molecule has 1 unspecified atom stereocenters. The van der Waals surface area contributed by atoms with Gasteiger partial charge in [0.2, 0.25) is 0 Å². The van der Waals surface area contributed by atoms with Crippen molar-refractivity contribution in [3.63, 3.8) is 0 Å². The first-order valence-electron chi connectivity index (χ1n) is 6.08. The third kappa shape index (κ3) is 3.20. The number of aromatic nitrogens is 1. The van der Waals surface area contributed by atoms with Crippen LogP contribution in [-0.4, -0.2) is 4.98 Å². The Balaban J connectivity index is 2.54. The number of benzene rings is 1. The van der Waals surface area contributed by atoms with Gasteiger partial charge in [0, 0.05) is 18.0 Å².